The summed E-state index contributed by atoms with van der Waals surface area (Å²) in [5.74, 6) is -5.08. The molecule has 3 heterocycles. The molecule has 0 bridgehead atoms. The van der Waals surface area contributed by atoms with Gasteiger partial charge in [0, 0.05) is 44.3 Å². The van der Waals surface area contributed by atoms with E-state index in [9.17, 15) is 30.3 Å². The van der Waals surface area contributed by atoms with Crippen LogP contribution in [0.15, 0.2) is 47.3 Å². The molecular formula is C42H70O13. The second-order valence-corrected chi connectivity index (χ2v) is 16.6. The van der Waals surface area contributed by atoms with Crippen molar-refractivity contribution in [1.82, 2.24) is 0 Å². The molecule has 0 aliphatic carbocycles. The molecule has 55 heavy (non-hydrogen) atoms. The van der Waals surface area contributed by atoms with Crippen LogP contribution in [0.1, 0.15) is 82.1 Å². The zero-order chi connectivity index (χ0) is 41.5. The molecule has 3 aliphatic rings. The molecule has 0 radical (unpaired) electrons. The van der Waals surface area contributed by atoms with Gasteiger partial charge < -0.3 is 58.7 Å². The maximum Gasteiger partial charge on any atom is 0.373 e. The number of carbonyl (C=O) groups excluding carboxylic acids is 1. The Hall–Kier alpha value is -2.17. The van der Waals surface area contributed by atoms with Crippen LogP contribution in [-0.2, 0) is 38.0 Å². The molecule has 0 aromatic rings. The van der Waals surface area contributed by atoms with E-state index in [1.54, 1.807) is 32.9 Å². The van der Waals surface area contributed by atoms with Crippen LogP contribution >= 0.6 is 0 Å². The van der Waals surface area contributed by atoms with Gasteiger partial charge in [0.05, 0.1) is 37.6 Å². The fraction of sp³-hybridized carbons (Fsp3) is 0.786. The van der Waals surface area contributed by atoms with Gasteiger partial charge in [0.1, 0.15) is 30.5 Å². The summed E-state index contributed by atoms with van der Waals surface area (Å²) in [6, 6.07) is 0. The number of esters is 1. The molecule has 13 nitrogen and oxygen atoms in total. The number of allylic oxidation sites excluding steroid dienone is 5. The van der Waals surface area contributed by atoms with Crippen LogP contribution in [-0.4, -0.2) is 126 Å². The molecule has 17 atom stereocenters. The third kappa shape index (κ3) is 11.5. The summed E-state index contributed by atoms with van der Waals surface area (Å²) < 4.78 is 41.8. The van der Waals surface area contributed by atoms with Crippen molar-refractivity contribution in [2.75, 3.05) is 21.3 Å². The number of rotatable bonds is 10. The molecule has 5 N–H and O–H groups in total. The van der Waals surface area contributed by atoms with E-state index in [1.807, 2.05) is 66.7 Å². The van der Waals surface area contributed by atoms with Crippen LogP contribution in [0.4, 0.5) is 0 Å². The quantitative estimate of drug-likeness (QED) is 0.199. The molecule has 13 heteroatoms. The maximum absolute atomic E-state index is 13.8. The molecule has 0 aromatic carbocycles. The number of cyclic esters (lactones) is 1. The standard InChI is InChI=1S/C42H70O13/c1-21(2)37-26(7)32(53-41-39(51-13)36(46)35(45)29(10)52-41)20-42(48,55-37)28(9)34(44)27(8)38-30(49-11)16-14-15-22(3)17-24(5)33(43)25(6)18-23(4)19-31(50-12)40(47)54-38/h14-16,18-19,21,24-30,32-39,41,43-46,48H,17,20H2,1-13H3/b16-14+,22-15+,23-18+,31-19-/t24-,25+,26-,27+,28-,29-,30+,32+,33-,34-,35-,36+,37+,38-,39+,41-,42-/m0/s1. The van der Waals surface area contributed by atoms with Crippen LogP contribution in [0.3, 0.4) is 0 Å². The summed E-state index contributed by atoms with van der Waals surface area (Å²) in [7, 11) is 4.25. The van der Waals surface area contributed by atoms with Gasteiger partial charge in [0.15, 0.2) is 12.1 Å². The Morgan fingerprint density at radius 2 is 1.58 bits per heavy atom. The molecule has 3 rings (SSSR count). The predicted molar refractivity (Wildman–Crippen MR) is 206 cm³/mol. The smallest absolute Gasteiger partial charge is 0.373 e. The summed E-state index contributed by atoms with van der Waals surface area (Å²) >= 11 is 0. The van der Waals surface area contributed by atoms with E-state index in [-0.39, 0.29) is 35.9 Å². The van der Waals surface area contributed by atoms with Gasteiger partial charge in [0.2, 0.25) is 5.76 Å². The summed E-state index contributed by atoms with van der Waals surface area (Å²) in [5.41, 5.74) is 1.73. The number of methoxy groups -OCH3 is 3. The first kappa shape index (κ1) is 47.2. The van der Waals surface area contributed by atoms with Gasteiger partial charge in [-0.25, -0.2) is 4.79 Å². The van der Waals surface area contributed by atoms with Crippen LogP contribution in [0.2, 0.25) is 0 Å². The Balaban J connectivity index is 2.00. The minimum atomic E-state index is -1.92. The number of hydrogen-bond donors (Lipinski definition) is 5. The Labute approximate surface area is 328 Å². The highest BCUT2D eigenvalue weighted by molar-refractivity contribution is 5.87. The van der Waals surface area contributed by atoms with Crippen molar-refractivity contribution in [3.8, 4) is 0 Å². The van der Waals surface area contributed by atoms with Gasteiger partial charge in [-0.3, -0.25) is 0 Å². The number of aliphatic hydroxyl groups excluding tert-OH is 4. The number of hydrogen-bond acceptors (Lipinski definition) is 13. The molecule has 0 aromatic heterocycles. The predicted octanol–water partition coefficient (Wildman–Crippen LogP) is 4.20. The minimum absolute atomic E-state index is 0.0363. The topological polar surface area (TPSA) is 183 Å². The van der Waals surface area contributed by atoms with Crippen molar-refractivity contribution in [3.05, 3.63) is 47.3 Å². The van der Waals surface area contributed by atoms with Crippen molar-refractivity contribution in [3.63, 3.8) is 0 Å². The van der Waals surface area contributed by atoms with E-state index < -0.39 is 90.9 Å². The fourth-order valence-corrected chi connectivity index (χ4v) is 8.23. The second-order valence-electron chi connectivity index (χ2n) is 16.6. The third-order valence-electron chi connectivity index (χ3n) is 11.8. The minimum Gasteiger partial charge on any atom is -0.490 e. The van der Waals surface area contributed by atoms with Gasteiger partial charge in [-0.15, -0.1) is 0 Å². The normalized spacial score (nSPS) is 43.8. The molecule has 0 saturated carbocycles. The summed E-state index contributed by atoms with van der Waals surface area (Å²) in [6.45, 7) is 18.6. The van der Waals surface area contributed by atoms with Crippen LogP contribution in [0.25, 0.3) is 0 Å². The lowest BCUT2D eigenvalue weighted by Crippen LogP contribution is -2.62. The first-order valence-corrected chi connectivity index (χ1v) is 19.7. The summed E-state index contributed by atoms with van der Waals surface area (Å²) in [6.07, 6.45) is -0.670. The van der Waals surface area contributed by atoms with Gasteiger partial charge in [-0.05, 0) is 45.1 Å². The maximum atomic E-state index is 13.8. The summed E-state index contributed by atoms with van der Waals surface area (Å²) in [5, 5.41) is 56.6. The van der Waals surface area contributed by atoms with Gasteiger partial charge in [-0.2, -0.15) is 0 Å². The molecule has 2 fully saturated rings. The van der Waals surface area contributed by atoms with Gasteiger partial charge >= 0.3 is 5.97 Å². The molecule has 316 valence electrons. The molecule has 3 aliphatic heterocycles. The SMILES string of the molecule is CO/C1=C\C(C)=C\[C@@H](C)[C@@H](O)[C@@H](C)C/C(C)=C/C=C/[C@@H](OC)[C@H]([C@H](C)[C@H](O)[C@H](C)[C@]2(O)C[C@@H](O[C@@H]3O[C@@H](C)[C@H](O)[C@@H](O)[C@H]3OC)[C@H](C)[C@@H](C(C)C)O2)OC1=O. The Bertz CT molecular complexity index is 1360. The third-order valence-corrected chi connectivity index (χ3v) is 11.8. The second kappa shape index (κ2) is 20.5. The van der Waals surface area contributed by atoms with E-state index in [0.29, 0.717) is 12.0 Å². The molecule has 0 spiro atoms. The monoisotopic (exact) mass is 782 g/mol. The van der Waals surface area contributed by atoms with Gasteiger partial charge in [0.25, 0.3) is 0 Å². The molecule has 0 amide bonds. The van der Waals surface area contributed by atoms with Crippen LogP contribution < -0.4 is 0 Å². The van der Waals surface area contributed by atoms with Crippen molar-refractivity contribution in [1.29, 1.82) is 0 Å². The average Bonchev–Trinajstić information content (AvgIpc) is 3.13. The van der Waals surface area contributed by atoms with E-state index in [2.05, 4.69) is 0 Å². The first-order chi connectivity index (χ1) is 25.7. The largest absolute Gasteiger partial charge is 0.490 e. The molecule has 0 unspecified atom stereocenters. The van der Waals surface area contributed by atoms with E-state index in [0.717, 1.165) is 5.57 Å². The molecule has 2 saturated heterocycles. The van der Waals surface area contributed by atoms with Crippen molar-refractivity contribution >= 4 is 5.97 Å². The number of ether oxygens (including phenoxy) is 7. The van der Waals surface area contributed by atoms with E-state index >= 15 is 0 Å². The lowest BCUT2D eigenvalue weighted by Gasteiger charge is -2.51. The van der Waals surface area contributed by atoms with Crippen LogP contribution in [0, 0.1) is 35.5 Å². The first-order valence-electron chi connectivity index (χ1n) is 19.7. The highest BCUT2D eigenvalue weighted by atomic mass is 16.7. The number of aliphatic hydroxyl groups is 5. The summed E-state index contributed by atoms with van der Waals surface area (Å²) in [4.78, 5) is 13.8. The zero-order valence-electron chi connectivity index (χ0n) is 35.1. The van der Waals surface area contributed by atoms with Crippen LogP contribution in [0.5, 0.6) is 0 Å². The highest BCUT2D eigenvalue weighted by Crippen LogP contribution is 2.43. The average molecular weight is 783 g/mol. The Morgan fingerprint density at radius 1 is 0.927 bits per heavy atom. The highest BCUT2D eigenvalue weighted by Gasteiger charge is 2.54. The Morgan fingerprint density at radius 3 is 2.16 bits per heavy atom. The zero-order valence-corrected chi connectivity index (χ0v) is 35.1. The molecular weight excluding hydrogens is 712 g/mol. The fourth-order valence-electron chi connectivity index (χ4n) is 8.23. The van der Waals surface area contributed by atoms with Crippen molar-refractivity contribution in [2.24, 2.45) is 35.5 Å². The van der Waals surface area contributed by atoms with Crippen molar-refractivity contribution in [2.45, 2.75) is 155 Å². The lowest BCUT2D eigenvalue weighted by atomic mass is 9.76. The van der Waals surface area contributed by atoms with E-state index in [4.69, 9.17) is 33.2 Å². The van der Waals surface area contributed by atoms with E-state index in [1.165, 1.54) is 21.3 Å². The Kier molecular flexibility index (Phi) is 17.6. The lowest BCUT2D eigenvalue weighted by molar-refractivity contribution is -0.362. The van der Waals surface area contributed by atoms with Gasteiger partial charge in [-0.1, -0.05) is 83.9 Å². The van der Waals surface area contributed by atoms with Crippen molar-refractivity contribution < 1.29 is 63.5 Å². The number of carbonyl (C=O) groups is 1.